The van der Waals surface area contributed by atoms with E-state index in [2.05, 4.69) is 24.0 Å². The number of hydrogen-bond donors (Lipinski definition) is 0. The third-order valence-electron chi connectivity index (χ3n) is 4.50. The molecule has 3 aromatic rings. The summed E-state index contributed by atoms with van der Waals surface area (Å²) in [6, 6.07) is 15.1. The van der Waals surface area contributed by atoms with Crippen LogP contribution in [0.15, 0.2) is 52.9 Å². The van der Waals surface area contributed by atoms with Gasteiger partial charge in [-0.05, 0) is 42.2 Å². The van der Waals surface area contributed by atoms with E-state index in [1.807, 2.05) is 49.4 Å². The van der Waals surface area contributed by atoms with E-state index in [-0.39, 0.29) is 12.5 Å². The van der Waals surface area contributed by atoms with E-state index >= 15 is 0 Å². The van der Waals surface area contributed by atoms with Crippen LogP contribution in [0.4, 0.5) is 0 Å². The Bertz CT molecular complexity index is 935. The number of nitrogens with zero attached hydrogens (tertiary/aromatic N) is 3. The van der Waals surface area contributed by atoms with Crippen LogP contribution in [0.5, 0.6) is 0 Å². The first-order chi connectivity index (χ1) is 13.5. The third kappa shape index (κ3) is 4.60. The van der Waals surface area contributed by atoms with E-state index in [4.69, 9.17) is 16.0 Å². The number of aromatic nitrogens is 2. The van der Waals surface area contributed by atoms with Gasteiger partial charge in [-0.1, -0.05) is 56.6 Å². The lowest BCUT2D eigenvalue weighted by molar-refractivity contribution is 0.0728. The summed E-state index contributed by atoms with van der Waals surface area (Å²) in [4.78, 5) is 14.7. The molecule has 28 heavy (non-hydrogen) atoms. The van der Waals surface area contributed by atoms with Crippen LogP contribution in [0.2, 0.25) is 5.02 Å². The fourth-order valence-electron chi connectivity index (χ4n) is 2.94. The standard InChI is InChI=1S/C22H24ClN3O2/c1-4-13-26(22(27)17-11-9-16(10-12-17)15(2)3)14-20-24-25-21(28-20)18-7-5-6-8-19(18)23/h5-12,15H,4,13-14H2,1-3H3. The van der Waals surface area contributed by atoms with Gasteiger partial charge in [-0.3, -0.25) is 4.79 Å². The smallest absolute Gasteiger partial charge is 0.254 e. The van der Waals surface area contributed by atoms with E-state index < -0.39 is 0 Å². The Morgan fingerprint density at radius 3 is 2.46 bits per heavy atom. The Morgan fingerprint density at radius 2 is 1.82 bits per heavy atom. The molecular weight excluding hydrogens is 374 g/mol. The maximum absolute atomic E-state index is 13.0. The van der Waals surface area contributed by atoms with Crippen molar-refractivity contribution >= 4 is 17.5 Å². The fourth-order valence-corrected chi connectivity index (χ4v) is 3.16. The Morgan fingerprint density at radius 1 is 1.11 bits per heavy atom. The minimum absolute atomic E-state index is 0.0466. The molecular formula is C22H24ClN3O2. The lowest BCUT2D eigenvalue weighted by Crippen LogP contribution is -2.31. The van der Waals surface area contributed by atoms with E-state index in [9.17, 15) is 4.79 Å². The Hall–Kier alpha value is -2.66. The van der Waals surface area contributed by atoms with Gasteiger partial charge in [0.15, 0.2) is 0 Å². The summed E-state index contributed by atoms with van der Waals surface area (Å²) < 4.78 is 5.76. The predicted octanol–water partition coefficient (Wildman–Crippen LogP) is 5.57. The Kier molecular flexibility index (Phi) is 6.47. The molecule has 0 saturated carbocycles. The van der Waals surface area contributed by atoms with Crippen molar-refractivity contribution in [1.82, 2.24) is 15.1 Å². The van der Waals surface area contributed by atoms with Gasteiger partial charge in [-0.2, -0.15) is 0 Å². The number of carbonyl (C=O) groups excluding carboxylic acids is 1. The molecule has 1 heterocycles. The van der Waals surface area contributed by atoms with Crippen molar-refractivity contribution in [2.45, 2.75) is 39.7 Å². The summed E-state index contributed by atoms with van der Waals surface area (Å²) in [5, 5.41) is 8.73. The molecule has 0 aliphatic carbocycles. The highest BCUT2D eigenvalue weighted by Crippen LogP contribution is 2.26. The van der Waals surface area contributed by atoms with Crippen LogP contribution in [0.1, 0.15) is 54.9 Å². The zero-order valence-electron chi connectivity index (χ0n) is 16.4. The Balaban J connectivity index is 1.78. The van der Waals surface area contributed by atoms with E-state index in [0.29, 0.717) is 40.4 Å². The van der Waals surface area contributed by atoms with Gasteiger partial charge in [-0.15, -0.1) is 10.2 Å². The number of carbonyl (C=O) groups is 1. The second-order valence-corrected chi connectivity index (χ2v) is 7.39. The molecule has 0 N–H and O–H groups in total. The van der Waals surface area contributed by atoms with Crippen LogP contribution < -0.4 is 0 Å². The van der Waals surface area contributed by atoms with Crippen molar-refractivity contribution in [3.63, 3.8) is 0 Å². The van der Waals surface area contributed by atoms with Gasteiger partial charge < -0.3 is 9.32 Å². The van der Waals surface area contributed by atoms with Gasteiger partial charge in [0.25, 0.3) is 5.91 Å². The highest BCUT2D eigenvalue weighted by atomic mass is 35.5. The molecule has 0 saturated heterocycles. The molecule has 0 unspecified atom stereocenters. The molecule has 2 aromatic carbocycles. The summed E-state index contributed by atoms with van der Waals surface area (Å²) in [6.45, 7) is 7.16. The minimum Gasteiger partial charge on any atom is -0.419 e. The molecule has 0 spiro atoms. The van der Waals surface area contributed by atoms with Crippen molar-refractivity contribution in [3.8, 4) is 11.5 Å². The molecule has 1 amide bonds. The maximum atomic E-state index is 13.0. The average Bonchev–Trinajstić information content (AvgIpc) is 3.16. The first kappa shape index (κ1) is 20.1. The van der Waals surface area contributed by atoms with Crippen molar-refractivity contribution in [2.24, 2.45) is 0 Å². The van der Waals surface area contributed by atoms with Crippen LogP contribution >= 0.6 is 11.6 Å². The quantitative estimate of drug-likeness (QED) is 0.523. The number of amides is 1. The zero-order valence-corrected chi connectivity index (χ0v) is 17.1. The summed E-state index contributed by atoms with van der Waals surface area (Å²) in [6.07, 6.45) is 0.835. The second-order valence-electron chi connectivity index (χ2n) is 6.98. The molecule has 1 aromatic heterocycles. The first-order valence-corrected chi connectivity index (χ1v) is 9.84. The monoisotopic (exact) mass is 397 g/mol. The molecule has 0 bridgehead atoms. The van der Waals surface area contributed by atoms with Crippen molar-refractivity contribution in [1.29, 1.82) is 0 Å². The molecule has 0 aliphatic heterocycles. The van der Waals surface area contributed by atoms with Gasteiger partial charge in [0.05, 0.1) is 17.1 Å². The van der Waals surface area contributed by atoms with Gasteiger partial charge in [0.2, 0.25) is 11.8 Å². The molecule has 0 atom stereocenters. The lowest BCUT2D eigenvalue weighted by Gasteiger charge is -2.20. The molecule has 0 fully saturated rings. The van der Waals surface area contributed by atoms with Crippen molar-refractivity contribution in [3.05, 3.63) is 70.6 Å². The van der Waals surface area contributed by atoms with Gasteiger partial charge >= 0.3 is 0 Å². The van der Waals surface area contributed by atoms with Crippen LogP contribution in [0.25, 0.3) is 11.5 Å². The normalized spacial score (nSPS) is 11.0. The van der Waals surface area contributed by atoms with Crippen LogP contribution in [-0.4, -0.2) is 27.5 Å². The fraction of sp³-hybridized carbons (Fsp3) is 0.318. The van der Waals surface area contributed by atoms with Gasteiger partial charge in [0.1, 0.15) is 0 Å². The van der Waals surface area contributed by atoms with E-state index in [1.165, 1.54) is 5.56 Å². The first-order valence-electron chi connectivity index (χ1n) is 9.46. The second kappa shape index (κ2) is 9.02. The number of halogens is 1. The SMILES string of the molecule is CCCN(Cc1nnc(-c2ccccc2Cl)o1)C(=O)c1ccc(C(C)C)cc1. The van der Waals surface area contributed by atoms with Crippen molar-refractivity contribution < 1.29 is 9.21 Å². The Labute approximate surface area is 170 Å². The molecule has 6 heteroatoms. The topological polar surface area (TPSA) is 59.2 Å². The number of rotatable bonds is 7. The maximum Gasteiger partial charge on any atom is 0.254 e. The van der Waals surface area contributed by atoms with Crippen molar-refractivity contribution in [2.75, 3.05) is 6.54 Å². The highest BCUT2D eigenvalue weighted by Gasteiger charge is 2.19. The molecule has 3 rings (SSSR count). The van der Waals surface area contributed by atoms with Crippen LogP contribution in [-0.2, 0) is 6.54 Å². The highest BCUT2D eigenvalue weighted by molar-refractivity contribution is 6.33. The molecule has 5 nitrogen and oxygen atoms in total. The minimum atomic E-state index is -0.0466. The van der Waals surface area contributed by atoms with Crippen LogP contribution in [0.3, 0.4) is 0 Å². The largest absolute Gasteiger partial charge is 0.419 e. The summed E-state index contributed by atoms with van der Waals surface area (Å²) in [5.41, 5.74) is 2.55. The van der Waals surface area contributed by atoms with Gasteiger partial charge in [-0.25, -0.2) is 0 Å². The summed E-state index contributed by atoms with van der Waals surface area (Å²) in [7, 11) is 0. The molecule has 146 valence electrons. The average molecular weight is 398 g/mol. The number of benzene rings is 2. The van der Waals surface area contributed by atoms with E-state index in [0.717, 1.165) is 6.42 Å². The van der Waals surface area contributed by atoms with E-state index in [1.54, 1.807) is 11.0 Å². The molecule has 0 radical (unpaired) electrons. The third-order valence-corrected chi connectivity index (χ3v) is 4.83. The molecule has 0 aliphatic rings. The predicted molar refractivity (Wildman–Crippen MR) is 110 cm³/mol. The lowest BCUT2D eigenvalue weighted by atomic mass is 10.0. The zero-order chi connectivity index (χ0) is 20.1. The van der Waals surface area contributed by atoms with Gasteiger partial charge in [0, 0.05) is 12.1 Å². The summed E-state index contributed by atoms with van der Waals surface area (Å²) in [5.74, 6) is 1.12. The summed E-state index contributed by atoms with van der Waals surface area (Å²) >= 11 is 6.20. The number of hydrogen-bond acceptors (Lipinski definition) is 4. The van der Waals surface area contributed by atoms with Crippen LogP contribution in [0, 0.1) is 0 Å².